The molecule has 3 nitrogen and oxygen atoms in total. The Morgan fingerprint density at radius 2 is 2.00 bits per heavy atom. The van der Waals surface area contributed by atoms with Gasteiger partial charge < -0.3 is 15.2 Å². The molecule has 0 fully saturated rings. The molecule has 0 aliphatic heterocycles. The van der Waals surface area contributed by atoms with Gasteiger partial charge in [0, 0.05) is 19.7 Å². The molecule has 2 N–H and O–H groups in total. The number of hydrogen-bond acceptors (Lipinski definition) is 3. The van der Waals surface area contributed by atoms with Crippen LogP contribution in [0.1, 0.15) is 27.2 Å². The van der Waals surface area contributed by atoms with Crippen LogP contribution in [0, 0.1) is 0 Å². The molecule has 0 amide bonds. The van der Waals surface area contributed by atoms with Crippen LogP contribution in [0.25, 0.3) is 0 Å². The Morgan fingerprint density at radius 3 is 2.50 bits per heavy atom. The number of hydrogen-bond donors (Lipinski definition) is 2. The van der Waals surface area contributed by atoms with Crippen molar-refractivity contribution in [3.63, 3.8) is 0 Å². The summed E-state index contributed by atoms with van der Waals surface area (Å²) in [5.74, 6) is 0. The van der Waals surface area contributed by atoms with Gasteiger partial charge in [0.05, 0.1) is 12.2 Å². The Kier molecular flexibility index (Phi) is 6.34. The summed E-state index contributed by atoms with van der Waals surface area (Å²) >= 11 is 0. The first-order valence-electron chi connectivity index (χ1n) is 4.57. The van der Waals surface area contributed by atoms with Crippen molar-refractivity contribution in [1.29, 1.82) is 0 Å². The molecule has 3 heteroatoms. The average Bonchev–Trinajstić information content (AvgIpc) is 1.94. The predicted octanol–water partition coefficient (Wildman–Crippen LogP) is 0.774. The van der Waals surface area contributed by atoms with Crippen LogP contribution in [0.4, 0.5) is 0 Å². The molecule has 12 heavy (non-hydrogen) atoms. The second-order valence-electron chi connectivity index (χ2n) is 3.60. The highest BCUT2D eigenvalue weighted by Gasteiger charge is 2.10. The smallest absolute Gasteiger partial charge is 0.0715 e. The van der Waals surface area contributed by atoms with E-state index in [1.54, 1.807) is 13.8 Å². The molecule has 0 aromatic heterocycles. The summed E-state index contributed by atoms with van der Waals surface area (Å²) in [6.07, 6.45) is 1.06. The molecule has 0 saturated carbocycles. The Hall–Kier alpha value is -0.120. The number of ether oxygens (including phenoxy) is 1. The maximum atomic E-state index is 9.32. The fourth-order valence-electron chi connectivity index (χ4n) is 0.785. The van der Waals surface area contributed by atoms with Gasteiger partial charge in [0.15, 0.2) is 0 Å². The largest absolute Gasteiger partial charge is 0.389 e. The van der Waals surface area contributed by atoms with Crippen molar-refractivity contribution in [2.24, 2.45) is 0 Å². The van der Waals surface area contributed by atoms with E-state index in [1.807, 2.05) is 0 Å². The Balaban J connectivity index is 3.01. The van der Waals surface area contributed by atoms with Crippen molar-refractivity contribution in [2.75, 3.05) is 26.3 Å². The molecule has 0 unspecified atom stereocenters. The van der Waals surface area contributed by atoms with E-state index < -0.39 is 5.60 Å². The van der Waals surface area contributed by atoms with Crippen LogP contribution in [0.2, 0.25) is 0 Å². The quantitative estimate of drug-likeness (QED) is 0.562. The van der Waals surface area contributed by atoms with E-state index in [0.717, 1.165) is 26.2 Å². The van der Waals surface area contributed by atoms with Gasteiger partial charge in [0.25, 0.3) is 0 Å². The molecular formula is C9H21NO2. The van der Waals surface area contributed by atoms with Crippen LogP contribution in [0.3, 0.4) is 0 Å². The third-order valence-electron chi connectivity index (χ3n) is 1.33. The molecule has 0 aromatic carbocycles. The lowest BCUT2D eigenvalue weighted by Crippen LogP contribution is -2.36. The van der Waals surface area contributed by atoms with Gasteiger partial charge in [0.2, 0.25) is 0 Å². The first-order valence-corrected chi connectivity index (χ1v) is 4.57. The van der Waals surface area contributed by atoms with Gasteiger partial charge in [-0.2, -0.15) is 0 Å². The molecule has 74 valence electrons. The summed E-state index contributed by atoms with van der Waals surface area (Å²) in [6.45, 7) is 8.63. The zero-order valence-corrected chi connectivity index (χ0v) is 8.39. The summed E-state index contributed by atoms with van der Waals surface area (Å²) in [4.78, 5) is 0. The molecule has 0 spiro atoms. The van der Waals surface area contributed by atoms with E-state index in [2.05, 4.69) is 12.2 Å². The second-order valence-corrected chi connectivity index (χ2v) is 3.60. The van der Waals surface area contributed by atoms with Crippen molar-refractivity contribution in [1.82, 2.24) is 5.32 Å². The van der Waals surface area contributed by atoms with E-state index in [0.29, 0.717) is 6.54 Å². The van der Waals surface area contributed by atoms with Crippen molar-refractivity contribution < 1.29 is 9.84 Å². The van der Waals surface area contributed by atoms with E-state index >= 15 is 0 Å². The maximum Gasteiger partial charge on any atom is 0.0715 e. The first-order chi connectivity index (χ1) is 5.56. The van der Waals surface area contributed by atoms with Crippen LogP contribution in [0.5, 0.6) is 0 Å². The van der Waals surface area contributed by atoms with Crippen molar-refractivity contribution in [3.05, 3.63) is 0 Å². The highest BCUT2D eigenvalue weighted by Crippen LogP contribution is 1.96. The monoisotopic (exact) mass is 175 g/mol. The molecule has 0 rings (SSSR count). The third-order valence-corrected chi connectivity index (χ3v) is 1.33. The zero-order chi connectivity index (χ0) is 9.45. The molecule has 0 aliphatic rings. The minimum absolute atomic E-state index is 0.614. The number of nitrogens with one attached hydrogen (secondary N) is 1. The molecule has 0 atom stereocenters. The molecule has 0 aliphatic carbocycles. The summed E-state index contributed by atoms with van der Waals surface area (Å²) in [5, 5.41) is 12.4. The van der Waals surface area contributed by atoms with E-state index in [4.69, 9.17) is 4.74 Å². The van der Waals surface area contributed by atoms with Crippen LogP contribution in [0.15, 0.2) is 0 Å². The van der Waals surface area contributed by atoms with E-state index in [1.165, 1.54) is 0 Å². The number of rotatable bonds is 7. The van der Waals surface area contributed by atoms with Crippen LogP contribution >= 0.6 is 0 Å². The highest BCUT2D eigenvalue weighted by atomic mass is 16.5. The minimum Gasteiger partial charge on any atom is -0.389 e. The lowest BCUT2D eigenvalue weighted by molar-refractivity contribution is 0.0745. The molecule has 0 bridgehead atoms. The minimum atomic E-state index is -0.620. The Labute approximate surface area is 75.1 Å². The lowest BCUT2D eigenvalue weighted by atomic mass is 10.1. The van der Waals surface area contributed by atoms with Gasteiger partial charge in [0.1, 0.15) is 0 Å². The first kappa shape index (κ1) is 11.9. The maximum absolute atomic E-state index is 9.32. The summed E-state index contributed by atoms with van der Waals surface area (Å²) in [6, 6.07) is 0. The number of aliphatic hydroxyl groups is 1. The highest BCUT2D eigenvalue weighted by molar-refractivity contribution is 4.67. The summed E-state index contributed by atoms with van der Waals surface area (Å²) in [5.41, 5.74) is -0.620. The van der Waals surface area contributed by atoms with Gasteiger partial charge in [-0.3, -0.25) is 0 Å². The lowest BCUT2D eigenvalue weighted by Gasteiger charge is -2.17. The van der Waals surface area contributed by atoms with Crippen molar-refractivity contribution >= 4 is 0 Å². The van der Waals surface area contributed by atoms with E-state index in [9.17, 15) is 5.11 Å². The summed E-state index contributed by atoms with van der Waals surface area (Å²) in [7, 11) is 0. The van der Waals surface area contributed by atoms with E-state index in [-0.39, 0.29) is 0 Å². The molecule has 0 aromatic rings. The van der Waals surface area contributed by atoms with Gasteiger partial charge in [-0.1, -0.05) is 6.92 Å². The summed E-state index contributed by atoms with van der Waals surface area (Å²) < 4.78 is 5.25. The fourth-order valence-corrected chi connectivity index (χ4v) is 0.785. The van der Waals surface area contributed by atoms with Crippen LogP contribution in [-0.2, 0) is 4.74 Å². The molecule has 0 heterocycles. The standard InChI is InChI=1S/C9H21NO2/c1-4-6-12-7-5-10-8-9(2,3)11/h10-11H,4-8H2,1-3H3. The zero-order valence-electron chi connectivity index (χ0n) is 8.39. The van der Waals surface area contributed by atoms with Gasteiger partial charge in [-0.15, -0.1) is 0 Å². The normalized spacial score (nSPS) is 12.0. The Morgan fingerprint density at radius 1 is 1.33 bits per heavy atom. The SMILES string of the molecule is CCCOCCNCC(C)(C)O. The van der Waals surface area contributed by atoms with Crippen LogP contribution in [-0.4, -0.2) is 37.0 Å². The van der Waals surface area contributed by atoms with Gasteiger partial charge >= 0.3 is 0 Å². The fraction of sp³-hybridized carbons (Fsp3) is 1.00. The molecule has 0 radical (unpaired) electrons. The van der Waals surface area contributed by atoms with Crippen molar-refractivity contribution in [3.8, 4) is 0 Å². The van der Waals surface area contributed by atoms with Crippen molar-refractivity contribution in [2.45, 2.75) is 32.8 Å². The second kappa shape index (κ2) is 6.40. The Bertz CT molecular complexity index is 99.2. The van der Waals surface area contributed by atoms with Crippen LogP contribution < -0.4 is 5.32 Å². The topological polar surface area (TPSA) is 41.5 Å². The predicted molar refractivity (Wildman–Crippen MR) is 50.3 cm³/mol. The molecule has 0 saturated heterocycles. The third kappa shape index (κ3) is 9.88. The van der Waals surface area contributed by atoms with Gasteiger partial charge in [-0.25, -0.2) is 0 Å². The van der Waals surface area contributed by atoms with Gasteiger partial charge in [-0.05, 0) is 20.3 Å². The molecular weight excluding hydrogens is 154 g/mol. The average molecular weight is 175 g/mol.